The van der Waals surface area contributed by atoms with E-state index in [2.05, 4.69) is 0 Å². The molecule has 1 aliphatic heterocycles. The lowest BCUT2D eigenvalue weighted by Crippen LogP contribution is -2.45. The van der Waals surface area contributed by atoms with Gasteiger partial charge in [-0.3, -0.25) is 4.79 Å². The van der Waals surface area contributed by atoms with Gasteiger partial charge in [0, 0.05) is 32.6 Å². The molecule has 1 heterocycles. The maximum absolute atomic E-state index is 13.3. The summed E-state index contributed by atoms with van der Waals surface area (Å²) >= 11 is 0. The van der Waals surface area contributed by atoms with Crippen LogP contribution in [0.2, 0.25) is 0 Å². The molecule has 0 aromatic heterocycles. The number of carbonyl (C=O) groups excluding carboxylic acids is 2. The Bertz CT molecular complexity index is 619. The summed E-state index contributed by atoms with van der Waals surface area (Å²) in [6.07, 6.45) is 0.906. The lowest BCUT2D eigenvalue weighted by Gasteiger charge is -2.34. The van der Waals surface area contributed by atoms with Crippen LogP contribution in [0.15, 0.2) is 24.3 Å². The van der Waals surface area contributed by atoms with Crippen LogP contribution in [0.3, 0.4) is 0 Å². The Labute approximate surface area is 148 Å². The molecule has 25 heavy (non-hydrogen) atoms. The van der Waals surface area contributed by atoms with E-state index in [0.29, 0.717) is 32.5 Å². The normalized spacial score (nSPS) is 15.8. The third-order valence-electron chi connectivity index (χ3n) is 4.18. The van der Waals surface area contributed by atoms with Gasteiger partial charge in [0.05, 0.1) is 0 Å². The highest BCUT2D eigenvalue weighted by Gasteiger charge is 2.31. The third-order valence-corrected chi connectivity index (χ3v) is 4.18. The predicted octanol–water partition coefficient (Wildman–Crippen LogP) is 3.43. The monoisotopic (exact) mass is 350 g/mol. The summed E-state index contributed by atoms with van der Waals surface area (Å²) in [5, 5.41) is 0. The van der Waals surface area contributed by atoms with Crippen molar-refractivity contribution in [3.63, 3.8) is 0 Å². The number of hydrogen-bond acceptors (Lipinski definition) is 3. The quantitative estimate of drug-likeness (QED) is 0.839. The van der Waals surface area contributed by atoms with Crippen molar-refractivity contribution < 1.29 is 18.7 Å². The van der Waals surface area contributed by atoms with Crippen LogP contribution in [0.25, 0.3) is 0 Å². The summed E-state index contributed by atoms with van der Waals surface area (Å²) in [5.74, 6) is -0.380. The van der Waals surface area contributed by atoms with Crippen molar-refractivity contribution in [1.29, 1.82) is 0 Å². The van der Waals surface area contributed by atoms with E-state index in [4.69, 9.17) is 4.74 Å². The van der Waals surface area contributed by atoms with Crippen LogP contribution in [0, 0.1) is 11.7 Å². The molecule has 1 aliphatic rings. The number of rotatable bonds is 3. The first-order chi connectivity index (χ1) is 11.7. The Morgan fingerprint density at radius 2 is 1.92 bits per heavy atom. The van der Waals surface area contributed by atoms with E-state index in [1.54, 1.807) is 29.0 Å². The van der Waals surface area contributed by atoms with Crippen molar-refractivity contribution in [2.45, 2.75) is 45.8 Å². The van der Waals surface area contributed by atoms with Gasteiger partial charge in [0.25, 0.3) is 0 Å². The summed E-state index contributed by atoms with van der Waals surface area (Å²) in [7, 11) is 1.73. The maximum atomic E-state index is 13.3. The van der Waals surface area contributed by atoms with Gasteiger partial charge in [-0.2, -0.15) is 0 Å². The molecule has 0 radical (unpaired) electrons. The average molecular weight is 350 g/mol. The van der Waals surface area contributed by atoms with Gasteiger partial charge >= 0.3 is 6.09 Å². The van der Waals surface area contributed by atoms with E-state index in [1.165, 1.54) is 12.1 Å². The minimum atomic E-state index is -0.519. The smallest absolute Gasteiger partial charge is 0.410 e. The zero-order valence-corrected chi connectivity index (χ0v) is 15.4. The van der Waals surface area contributed by atoms with Gasteiger partial charge in [-0.05, 0) is 51.3 Å². The Balaban J connectivity index is 1.85. The predicted molar refractivity (Wildman–Crippen MR) is 93.4 cm³/mol. The summed E-state index contributed by atoms with van der Waals surface area (Å²) < 4.78 is 18.6. The number of likely N-dealkylation sites (tertiary alicyclic amines) is 1. The number of ether oxygens (including phenoxy) is 1. The molecular weight excluding hydrogens is 323 g/mol. The molecule has 6 heteroatoms. The summed E-state index contributed by atoms with van der Waals surface area (Å²) in [6.45, 7) is 6.91. The molecule has 2 rings (SSSR count). The van der Waals surface area contributed by atoms with Crippen LogP contribution >= 0.6 is 0 Å². The SMILES string of the molecule is CN(Cc1cccc(F)c1)C(=O)C1CCN(C(=O)OC(C)(C)C)CC1. The fourth-order valence-corrected chi connectivity index (χ4v) is 2.93. The Morgan fingerprint density at radius 1 is 1.28 bits per heavy atom. The number of carbonyl (C=O) groups is 2. The molecule has 0 bridgehead atoms. The van der Waals surface area contributed by atoms with Crippen molar-refractivity contribution >= 4 is 12.0 Å². The second-order valence-corrected chi connectivity index (χ2v) is 7.57. The zero-order valence-electron chi connectivity index (χ0n) is 15.4. The molecule has 1 aromatic carbocycles. The highest BCUT2D eigenvalue weighted by Crippen LogP contribution is 2.22. The van der Waals surface area contributed by atoms with Gasteiger partial charge in [-0.1, -0.05) is 12.1 Å². The number of benzene rings is 1. The van der Waals surface area contributed by atoms with E-state index in [9.17, 15) is 14.0 Å². The number of halogens is 1. The molecule has 5 nitrogen and oxygen atoms in total. The molecule has 1 saturated heterocycles. The second-order valence-electron chi connectivity index (χ2n) is 7.57. The number of piperidine rings is 1. The fourth-order valence-electron chi connectivity index (χ4n) is 2.93. The molecule has 1 aromatic rings. The van der Waals surface area contributed by atoms with Crippen molar-refractivity contribution in [1.82, 2.24) is 9.80 Å². The van der Waals surface area contributed by atoms with Crippen molar-refractivity contribution in [2.75, 3.05) is 20.1 Å². The third kappa shape index (κ3) is 5.73. The highest BCUT2D eigenvalue weighted by molar-refractivity contribution is 5.79. The van der Waals surface area contributed by atoms with Crippen LogP contribution in [0.5, 0.6) is 0 Å². The standard InChI is InChI=1S/C19H27FN2O3/c1-19(2,3)25-18(24)22-10-8-15(9-11-22)17(23)21(4)13-14-6-5-7-16(20)12-14/h5-7,12,15H,8-11,13H2,1-4H3. The van der Waals surface area contributed by atoms with E-state index >= 15 is 0 Å². The number of amides is 2. The molecule has 0 aliphatic carbocycles. The molecule has 0 unspecified atom stereocenters. The average Bonchev–Trinajstić information content (AvgIpc) is 2.52. The maximum Gasteiger partial charge on any atom is 0.410 e. The number of nitrogens with zero attached hydrogens (tertiary/aromatic N) is 2. The van der Waals surface area contributed by atoms with E-state index in [-0.39, 0.29) is 23.7 Å². The van der Waals surface area contributed by atoms with Crippen LogP contribution in [0.1, 0.15) is 39.2 Å². The Kier molecular flexibility index (Phi) is 6.03. The van der Waals surface area contributed by atoms with Gasteiger partial charge in [-0.15, -0.1) is 0 Å². The van der Waals surface area contributed by atoms with Crippen LogP contribution in [0.4, 0.5) is 9.18 Å². The largest absolute Gasteiger partial charge is 0.444 e. The zero-order chi connectivity index (χ0) is 18.6. The Morgan fingerprint density at radius 3 is 2.48 bits per heavy atom. The molecule has 1 fully saturated rings. The molecule has 0 N–H and O–H groups in total. The number of hydrogen-bond donors (Lipinski definition) is 0. The molecule has 0 saturated carbocycles. The van der Waals surface area contributed by atoms with Crippen molar-refractivity contribution in [3.8, 4) is 0 Å². The van der Waals surface area contributed by atoms with Gasteiger partial charge in [-0.25, -0.2) is 9.18 Å². The minimum Gasteiger partial charge on any atom is -0.444 e. The molecule has 2 amide bonds. The summed E-state index contributed by atoms with van der Waals surface area (Å²) in [4.78, 5) is 27.9. The van der Waals surface area contributed by atoms with Crippen LogP contribution < -0.4 is 0 Å². The summed E-state index contributed by atoms with van der Waals surface area (Å²) in [5.41, 5.74) is 0.247. The fraction of sp³-hybridized carbons (Fsp3) is 0.579. The molecule has 138 valence electrons. The van der Waals surface area contributed by atoms with E-state index in [0.717, 1.165) is 5.56 Å². The van der Waals surface area contributed by atoms with E-state index in [1.807, 2.05) is 20.8 Å². The summed E-state index contributed by atoms with van der Waals surface area (Å²) in [6, 6.07) is 6.27. The molecule has 0 atom stereocenters. The van der Waals surface area contributed by atoms with E-state index < -0.39 is 5.60 Å². The van der Waals surface area contributed by atoms with Gasteiger partial charge < -0.3 is 14.5 Å². The lowest BCUT2D eigenvalue weighted by molar-refractivity contribution is -0.136. The first-order valence-corrected chi connectivity index (χ1v) is 8.63. The molecular formula is C19H27FN2O3. The Hall–Kier alpha value is -2.11. The lowest BCUT2D eigenvalue weighted by atomic mass is 9.95. The van der Waals surface area contributed by atoms with Gasteiger partial charge in [0.15, 0.2) is 0 Å². The second kappa shape index (κ2) is 7.85. The van der Waals surface area contributed by atoms with Crippen molar-refractivity contribution in [3.05, 3.63) is 35.6 Å². The highest BCUT2D eigenvalue weighted by atomic mass is 19.1. The first kappa shape index (κ1) is 19.2. The topological polar surface area (TPSA) is 49.9 Å². The molecule has 0 spiro atoms. The van der Waals surface area contributed by atoms with Gasteiger partial charge in [0.2, 0.25) is 5.91 Å². The van der Waals surface area contributed by atoms with Crippen LogP contribution in [-0.4, -0.2) is 47.5 Å². The van der Waals surface area contributed by atoms with Crippen molar-refractivity contribution in [2.24, 2.45) is 5.92 Å². The first-order valence-electron chi connectivity index (χ1n) is 8.63. The van der Waals surface area contributed by atoms with Crippen LogP contribution in [-0.2, 0) is 16.1 Å². The minimum absolute atomic E-state index is 0.0353. The van der Waals surface area contributed by atoms with Gasteiger partial charge in [0.1, 0.15) is 11.4 Å².